The standard InChI is InChI=1S/C26H21NO6/c1-15-2-7-18(8-3-15)27-23(16-4-9-19(28)10-5-16)22(25(30)26(27)31)24(29)17-6-11-20-21(14-17)33-13-12-32-20/h2-11,14,23,28-29H,12-13H2,1H3/b24-22-. The van der Waals surface area contributed by atoms with E-state index in [9.17, 15) is 19.8 Å². The molecule has 0 bridgehead atoms. The molecule has 0 radical (unpaired) electrons. The third kappa shape index (κ3) is 3.57. The Labute approximate surface area is 190 Å². The quantitative estimate of drug-likeness (QED) is 0.360. The molecule has 2 N–H and O–H groups in total. The predicted octanol–water partition coefficient (Wildman–Crippen LogP) is 4.10. The minimum absolute atomic E-state index is 0.0389. The third-order valence-corrected chi connectivity index (χ3v) is 5.78. The second-order valence-corrected chi connectivity index (χ2v) is 7.95. The molecule has 0 spiro atoms. The van der Waals surface area contributed by atoms with Crippen molar-refractivity contribution < 1.29 is 29.3 Å². The lowest BCUT2D eigenvalue weighted by Crippen LogP contribution is -2.29. The van der Waals surface area contributed by atoms with E-state index in [2.05, 4.69) is 0 Å². The van der Waals surface area contributed by atoms with Crippen LogP contribution in [0.25, 0.3) is 5.76 Å². The van der Waals surface area contributed by atoms with Crippen LogP contribution in [-0.2, 0) is 9.59 Å². The third-order valence-electron chi connectivity index (χ3n) is 5.78. The Morgan fingerprint density at radius 1 is 0.909 bits per heavy atom. The summed E-state index contributed by atoms with van der Waals surface area (Å²) in [7, 11) is 0. The first-order valence-corrected chi connectivity index (χ1v) is 10.5. The van der Waals surface area contributed by atoms with E-state index in [1.54, 1.807) is 42.5 Å². The summed E-state index contributed by atoms with van der Waals surface area (Å²) < 4.78 is 11.1. The Bertz CT molecular complexity index is 1280. The van der Waals surface area contributed by atoms with Crippen molar-refractivity contribution in [2.45, 2.75) is 13.0 Å². The van der Waals surface area contributed by atoms with Crippen molar-refractivity contribution in [3.63, 3.8) is 0 Å². The first kappa shape index (κ1) is 20.6. The van der Waals surface area contributed by atoms with Crippen LogP contribution in [0, 0.1) is 6.92 Å². The summed E-state index contributed by atoms with van der Waals surface area (Å²) >= 11 is 0. The fourth-order valence-electron chi connectivity index (χ4n) is 4.12. The van der Waals surface area contributed by atoms with Crippen LogP contribution in [0.4, 0.5) is 5.69 Å². The molecule has 1 saturated heterocycles. The molecule has 0 aromatic heterocycles. The van der Waals surface area contributed by atoms with Crippen molar-refractivity contribution in [1.82, 2.24) is 0 Å². The normalized spacial score (nSPS) is 19.1. The Hall–Kier alpha value is -4.26. The molecule has 3 aromatic rings. The van der Waals surface area contributed by atoms with Crippen LogP contribution < -0.4 is 14.4 Å². The fraction of sp³-hybridized carbons (Fsp3) is 0.154. The first-order chi connectivity index (χ1) is 15.9. The molecule has 1 unspecified atom stereocenters. The maximum atomic E-state index is 13.2. The number of hydrogen-bond donors (Lipinski definition) is 2. The Balaban J connectivity index is 1.68. The van der Waals surface area contributed by atoms with Crippen LogP contribution in [0.5, 0.6) is 17.2 Å². The zero-order valence-electron chi connectivity index (χ0n) is 17.8. The summed E-state index contributed by atoms with van der Waals surface area (Å²) in [5.41, 5.74) is 2.41. The lowest BCUT2D eigenvalue weighted by molar-refractivity contribution is -0.132. The van der Waals surface area contributed by atoms with E-state index in [0.29, 0.717) is 41.5 Å². The van der Waals surface area contributed by atoms with Crippen molar-refractivity contribution in [2.24, 2.45) is 0 Å². The first-order valence-electron chi connectivity index (χ1n) is 10.5. The van der Waals surface area contributed by atoms with Gasteiger partial charge in [0.05, 0.1) is 11.6 Å². The van der Waals surface area contributed by atoms with Gasteiger partial charge < -0.3 is 19.7 Å². The summed E-state index contributed by atoms with van der Waals surface area (Å²) in [5, 5.41) is 21.0. The van der Waals surface area contributed by atoms with Gasteiger partial charge in [-0.05, 0) is 55.0 Å². The molecule has 0 aliphatic carbocycles. The average molecular weight is 443 g/mol. The van der Waals surface area contributed by atoms with Crippen molar-refractivity contribution in [3.8, 4) is 17.2 Å². The van der Waals surface area contributed by atoms with Gasteiger partial charge >= 0.3 is 0 Å². The molecule has 5 rings (SSSR count). The summed E-state index contributed by atoms with van der Waals surface area (Å²) in [6.45, 7) is 2.74. The van der Waals surface area contributed by atoms with Crippen molar-refractivity contribution in [1.29, 1.82) is 0 Å². The number of aryl methyl sites for hydroxylation is 1. The minimum Gasteiger partial charge on any atom is -0.508 e. The molecule has 2 aliphatic rings. The lowest BCUT2D eigenvalue weighted by Gasteiger charge is -2.25. The lowest BCUT2D eigenvalue weighted by atomic mass is 9.95. The number of ether oxygens (including phenoxy) is 2. The molecule has 1 amide bonds. The highest BCUT2D eigenvalue weighted by Crippen LogP contribution is 2.43. The van der Waals surface area contributed by atoms with Gasteiger partial charge in [0.25, 0.3) is 11.7 Å². The molecular formula is C26H21NO6. The maximum Gasteiger partial charge on any atom is 0.300 e. The molecule has 2 heterocycles. The van der Waals surface area contributed by atoms with Gasteiger partial charge in [0.1, 0.15) is 24.7 Å². The van der Waals surface area contributed by atoms with E-state index >= 15 is 0 Å². The molecule has 166 valence electrons. The summed E-state index contributed by atoms with van der Waals surface area (Å²) in [6, 6.07) is 17.4. The number of phenolic OH excluding ortho intramolecular Hbond substituents is 1. The minimum atomic E-state index is -0.874. The number of carbonyl (C=O) groups excluding carboxylic acids is 2. The van der Waals surface area contributed by atoms with E-state index < -0.39 is 17.7 Å². The molecule has 0 saturated carbocycles. The van der Waals surface area contributed by atoms with E-state index in [4.69, 9.17) is 9.47 Å². The van der Waals surface area contributed by atoms with Crippen molar-refractivity contribution in [2.75, 3.05) is 18.1 Å². The number of hydrogen-bond acceptors (Lipinski definition) is 6. The number of carbonyl (C=O) groups is 2. The Morgan fingerprint density at radius 2 is 1.58 bits per heavy atom. The number of ketones is 1. The molecule has 33 heavy (non-hydrogen) atoms. The highest BCUT2D eigenvalue weighted by atomic mass is 16.6. The molecule has 1 fully saturated rings. The molecule has 7 nitrogen and oxygen atoms in total. The van der Waals surface area contributed by atoms with E-state index in [-0.39, 0.29) is 17.1 Å². The van der Waals surface area contributed by atoms with Crippen molar-refractivity contribution in [3.05, 3.63) is 89.0 Å². The second kappa shape index (κ2) is 8.02. The predicted molar refractivity (Wildman–Crippen MR) is 122 cm³/mol. The summed E-state index contributed by atoms with van der Waals surface area (Å²) in [6.07, 6.45) is 0. The zero-order valence-corrected chi connectivity index (χ0v) is 17.8. The second-order valence-electron chi connectivity index (χ2n) is 7.95. The highest BCUT2D eigenvalue weighted by Gasteiger charge is 2.47. The van der Waals surface area contributed by atoms with Crippen LogP contribution >= 0.6 is 0 Å². The smallest absolute Gasteiger partial charge is 0.300 e. The zero-order chi connectivity index (χ0) is 23.1. The number of Topliss-reactive ketones (excluding diaryl/α,β-unsaturated/α-hetero) is 1. The van der Waals surface area contributed by atoms with Crippen molar-refractivity contribution >= 4 is 23.1 Å². The van der Waals surface area contributed by atoms with Crippen LogP contribution in [0.3, 0.4) is 0 Å². The Morgan fingerprint density at radius 3 is 2.27 bits per heavy atom. The monoisotopic (exact) mass is 443 g/mol. The number of phenols is 1. The van der Waals surface area contributed by atoms with Gasteiger partial charge in [-0.3, -0.25) is 14.5 Å². The number of nitrogens with zero attached hydrogens (tertiary/aromatic N) is 1. The molecule has 2 aliphatic heterocycles. The van der Waals surface area contributed by atoms with Crippen LogP contribution in [0.1, 0.15) is 22.7 Å². The molecule has 1 atom stereocenters. The SMILES string of the molecule is Cc1ccc(N2C(=O)C(=O)/C(=C(\O)c3ccc4c(c3)OCCO4)C2c2ccc(O)cc2)cc1. The molecule has 3 aromatic carbocycles. The number of aliphatic hydroxyl groups excluding tert-OH is 1. The largest absolute Gasteiger partial charge is 0.508 e. The summed E-state index contributed by atoms with van der Waals surface area (Å²) in [4.78, 5) is 27.7. The van der Waals surface area contributed by atoms with Crippen LogP contribution in [0.15, 0.2) is 72.3 Å². The number of fused-ring (bicyclic) bond motifs is 1. The molecule has 7 heteroatoms. The number of rotatable bonds is 3. The van der Waals surface area contributed by atoms with Gasteiger partial charge in [0, 0.05) is 11.3 Å². The maximum absolute atomic E-state index is 13.2. The number of amides is 1. The topological polar surface area (TPSA) is 96.3 Å². The van der Waals surface area contributed by atoms with Gasteiger partial charge in [0.2, 0.25) is 0 Å². The van der Waals surface area contributed by atoms with Gasteiger partial charge in [-0.25, -0.2) is 0 Å². The van der Waals surface area contributed by atoms with Gasteiger partial charge in [0.15, 0.2) is 11.5 Å². The average Bonchev–Trinajstić information content (AvgIpc) is 3.10. The fourth-order valence-corrected chi connectivity index (χ4v) is 4.12. The van der Waals surface area contributed by atoms with Gasteiger partial charge in [-0.2, -0.15) is 0 Å². The van der Waals surface area contributed by atoms with Gasteiger partial charge in [-0.1, -0.05) is 29.8 Å². The Kier molecular flexibility index (Phi) is 5.01. The number of benzene rings is 3. The number of anilines is 1. The van der Waals surface area contributed by atoms with Crippen LogP contribution in [0.2, 0.25) is 0 Å². The summed E-state index contributed by atoms with van der Waals surface area (Å²) in [5.74, 6) is -0.778. The van der Waals surface area contributed by atoms with E-state index in [1.807, 2.05) is 19.1 Å². The van der Waals surface area contributed by atoms with E-state index in [0.717, 1.165) is 5.56 Å². The van der Waals surface area contributed by atoms with E-state index in [1.165, 1.54) is 17.0 Å². The number of aromatic hydroxyl groups is 1. The van der Waals surface area contributed by atoms with Gasteiger partial charge in [-0.15, -0.1) is 0 Å². The molecular weight excluding hydrogens is 422 g/mol. The van der Waals surface area contributed by atoms with Crippen LogP contribution in [-0.4, -0.2) is 35.1 Å². The highest BCUT2D eigenvalue weighted by molar-refractivity contribution is 6.51. The number of aliphatic hydroxyl groups is 1.